The first-order chi connectivity index (χ1) is 26.0. The first kappa shape index (κ1) is 40.5. The number of fused-ring (bicyclic) bond motifs is 1. The van der Waals surface area contributed by atoms with Crippen molar-refractivity contribution in [1.29, 1.82) is 0 Å². The largest absolute Gasteiger partial charge is 0.497 e. The molecule has 1 aliphatic heterocycles. The number of nitrogens with zero attached hydrogens (tertiary/aromatic N) is 1. The van der Waals surface area contributed by atoms with Gasteiger partial charge in [-0.1, -0.05) is 74.8 Å². The van der Waals surface area contributed by atoms with Crippen LogP contribution in [0.5, 0.6) is 17.2 Å². The molecule has 54 heavy (non-hydrogen) atoms. The number of para-hydroxylation sites is 1. The smallest absolute Gasteiger partial charge is 0.256 e. The van der Waals surface area contributed by atoms with Gasteiger partial charge in [0.2, 0.25) is 5.91 Å². The third-order valence-corrected chi connectivity index (χ3v) is 9.28. The Morgan fingerprint density at radius 1 is 0.926 bits per heavy atom. The van der Waals surface area contributed by atoms with Gasteiger partial charge in [-0.25, -0.2) is 4.39 Å². The Balaban J connectivity index is 1.32. The number of hydrogen-bond acceptors (Lipinski definition) is 7. The van der Waals surface area contributed by atoms with Crippen LogP contribution in [0.3, 0.4) is 0 Å². The standard InChI is InChI=1S/C43H51ClFN3O6/c1-43(2,3)28-48-36-20-19-31(44)25-34(36)40(54-38(42(48)50)26-39(49)47-27-30-14-6-7-17-35(30)45)33-16-9-18-37(41(33)52-5)53-23-11-22-46-21-10-13-29-12-8-15-32(24-29)51-4/h6-9,12,14-20,24-25,38,40,46H,10-11,13,21-23,26-28H2,1-5H3,(H,47,49)/t38-,40-/m0/s1. The molecule has 1 heterocycles. The van der Waals surface area contributed by atoms with Crippen molar-refractivity contribution >= 4 is 29.1 Å². The zero-order valence-electron chi connectivity index (χ0n) is 31.8. The molecule has 0 saturated carbocycles. The fourth-order valence-corrected chi connectivity index (χ4v) is 6.66. The minimum absolute atomic E-state index is 0.0244. The summed E-state index contributed by atoms with van der Waals surface area (Å²) in [4.78, 5) is 29.4. The van der Waals surface area contributed by atoms with Gasteiger partial charge in [-0.2, -0.15) is 0 Å². The van der Waals surface area contributed by atoms with E-state index < -0.39 is 23.9 Å². The van der Waals surface area contributed by atoms with Crippen LogP contribution < -0.4 is 29.7 Å². The first-order valence-corrected chi connectivity index (χ1v) is 18.7. The first-order valence-electron chi connectivity index (χ1n) is 18.4. The lowest BCUT2D eigenvalue weighted by Gasteiger charge is -2.31. The second-order valence-electron chi connectivity index (χ2n) is 14.6. The lowest BCUT2D eigenvalue weighted by atomic mass is 9.94. The van der Waals surface area contributed by atoms with Gasteiger partial charge < -0.3 is 34.5 Å². The Bertz CT molecular complexity index is 1880. The van der Waals surface area contributed by atoms with Gasteiger partial charge in [-0.05, 0) is 85.8 Å². The molecule has 1 aliphatic rings. The molecule has 11 heteroatoms. The molecule has 0 bridgehead atoms. The molecular weight excluding hydrogens is 709 g/mol. The minimum atomic E-state index is -1.17. The van der Waals surface area contributed by atoms with Crippen molar-refractivity contribution in [1.82, 2.24) is 10.6 Å². The Kier molecular flexibility index (Phi) is 14.3. The Morgan fingerprint density at radius 3 is 2.46 bits per heavy atom. The number of nitrogens with one attached hydrogen (secondary N) is 2. The van der Waals surface area contributed by atoms with Crippen LogP contribution in [0.25, 0.3) is 0 Å². The quantitative estimate of drug-likeness (QED) is 0.105. The van der Waals surface area contributed by atoms with E-state index >= 15 is 0 Å². The van der Waals surface area contributed by atoms with E-state index in [9.17, 15) is 14.0 Å². The minimum Gasteiger partial charge on any atom is -0.497 e. The summed E-state index contributed by atoms with van der Waals surface area (Å²) >= 11 is 6.59. The molecular formula is C43H51ClFN3O6. The van der Waals surface area contributed by atoms with Gasteiger partial charge in [-0.3, -0.25) is 9.59 Å². The highest BCUT2D eigenvalue weighted by Gasteiger charge is 2.40. The molecule has 4 aromatic carbocycles. The topological polar surface area (TPSA) is 98.4 Å². The zero-order valence-corrected chi connectivity index (χ0v) is 32.5. The Hall–Kier alpha value is -4.64. The van der Waals surface area contributed by atoms with Gasteiger partial charge in [0.05, 0.1) is 27.2 Å². The summed E-state index contributed by atoms with van der Waals surface area (Å²) in [7, 11) is 3.24. The van der Waals surface area contributed by atoms with Crippen molar-refractivity contribution in [2.75, 3.05) is 45.4 Å². The Labute approximate surface area is 323 Å². The molecule has 0 radical (unpaired) electrons. The van der Waals surface area contributed by atoms with E-state index in [1.807, 2.05) is 57.2 Å². The number of benzene rings is 4. The molecule has 2 amide bonds. The maximum atomic E-state index is 14.4. The van der Waals surface area contributed by atoms with Crippen LogP contribution in [-0.2, 0) is 27.3 Å². The lowest BCUT2D eigenvalue weighted by Crippen LogP contribution is -2.45. The van der Waals surface area contributed by atoms with Crippen LogP contribution in [0.15, 0.2) is 84.9 Å². The summed E-state index contributed by atoms with van der Waals surface area (Å²) < 4.78 is 38.5. The van der Waals surface area contributed by atoms with Gasteiger partial charge in [0.25, 0.3) is 5.91 Å². The van der Waals surface area contributed by atoms with Crippen molar-refractivity contribution < 1.29 is 32.9 Å². The molecule has 0 aliphatic carbocycles. The number of amides is 2. The highest BCUT2D eigenvalue weighted by atomic mass is 35.5. The summed E-state index contributed by atoms with van der Waals surface area (Å²) in [6, 6.07) is 25.3. The fourth-order valence-electron chi connectivity index (χ4n) is 6.48. The second-order valence-corrected chi connectivity index (χ2v) is 15.0. The predicted octanol–water partition coefficient (Wildman–Crippen LogP) is 8.06. The number of ether oxygens (including phenoxy) is 4. The summed E-state index contributed by atoms with van der Waals surface area (Å²) in [6.07, 6.45) is 0.430. The van der Waals surface area contributed by atoms with Gasteiger partial charge >= 0.3 is 0 Å². The van der Waals surface area contributed by atoms with Crippen LogP contribution in [0.1, 0.15) is 68.4 Å². The molecule has 0 fully saturated rings. The van der Waals surface area contributed by atoms with Gasteiger partial charge in [-0.15, -0.1) is 0 Å². The van der Waals surface area contributed by atoms with Crippen LogP contribution in [0.2, 0.25) is 5.02 Å². The number of anilines is 1. The van der Waals surface area contributed by atoms with Crippen molar-refractivity contribution in [3.63, 3.8) is 0 Å². The number of rotatable bonds is 17. The molecule has 0 saturated heterocycles. The number of halogens is 2. The van der Waals surface area contributed by atoms with Crippen LogP contribution in [0.4, 0.5) is 10.1 Å². The average molecular weight is 760 g/mol. The maximum Gasteiger partial charge on any atom is 0.256 e. The molecule has 9 nitrogen and oxygen atoms in total. The number of aryl methyl sites for hydroxylation is 1. The highest BCUT2D eigenvalue weighted by molar-refractivity contribution is 6.30. The average Bonchev–Trinajstić information content (AvgIpc) is 3.25. The van der Waals surface area contributed by atoms with Crippen molar-refractivity contribution in [2.24, 2.45) is 5.41 Å². The molecule has 2 N–H and O–H groups in total. The second kappa shape index (κ2) is 19.1. The normalized spacial score (nSPS) is 15.7. The Morgan fingerprint density at radius 2 is 1.70 bits per heavy atom. The molecule has 5 rings (SSSR count). The van der Waals surface area contributed by atoms with Crippen molar-refractivity contribution in [2.45, 2.75) is 65.2 Å². The van der Waals surface area contributed by atoms with Gasteiger partial charge in [0.15, 0.2) is 11.5 Å². The van der Waals surface area contributed by atoms with E-state index in [1.54, 1.807) is 49.5 Å². The fraction of sp³-hybridized carbons (Fsp3) is 0.395. The van der Waals surface area contributed by atoms with E-state index in [0.29, 0.717) is 52.1 Å². The van der Waals surface area contributed by atoms with E-state index in [1.165, 1.54) is 11.6 Å². The summed E-state index contributed by atoms with van der Waals surface area (Å²) in [6.45, 7) is 8.56. The molecule has 0 unspecified atom stereocenters. The zero-order chi connectivity index (χ0) is 38.7. The van der Waals surface area contributed by atoms with Gasteiger partial charge in [0, 0.05) is 40.5 Å². The number of hydrogen-bond donors (Lipinski definition) is 2. The predicted molar refractivity (Wildman–Crippen MR) is 210 cm³/mol. The maximum absolute atomic E-state index is 14.4. The molecule has 4 aromatic rings. The van der Waals surface area contributed by atoms with Crippen molar-refractivity contribution in [3.05, 3.63) is 118 Å². The van der Waals surface area contributed by atoms with Crippen LogP contribution in [-0.4, -0.2) is 58.4 Å². The highest BCUT2D eigenvalue weighted by Crippen LogP contribution is 2.45. The van der Waals surface area contributed by atoms with E-state index in [-0.39, 0.29) is 24.3 Å². The van der Waals surface area contributed by atoms with Gasteiger partial charge in [0.1, 0.15) is 23.8 Å². The van der Waals surface area contributed by atoms with Crippen molar-refractivity contribution in [3.8, 4) is 17.2 Å². The van der Waals surface area contributed by atoms with E-state index in [0.717, 1.165) is 38.1 Å². The molecule has 2 atom stereocenters. The monoisotopic (exact) mass is 759 g/mol. The molecule has 288 valence electrons. The molecule has 0 aromatic heterocycles. The van der Waals surface area contributed by atoms with E-state index in [2.05, 4.69) is 22.8 Å². The molecule has 0 spiro atoms. The third-order valence-electron chi connectivity index (χ3n) is 9.05. The summed E-state index contributed by atoms with van der Waals surface area (Å²) in [5, 5.41) is 6.71. The number of methoxy groups -OCH3 is 2. The number of carbonyl (C=O) groups excluding carboxylic acids is 2. The number of carbonyl (C=O) groups is 2. The summed E-state index contributed by atoms with van der Waals surface area (Å²) in [5.74, 6) is 0.620. The van der Waals surface area contributed by atoms with Crippen LogP contribution in [0, 0.1) is 11.2 Å². The SMILES string of the molecule is COc1cccc(CCCNCCCOc2cccc([C@@H]3O[C@@H](CC(=O)NCc4ccccc4F)C(=O)N(CC(C)(C)C)c4ccc(Cl)cc43)c2OC)c1. The lowest BCUT2D eigenvalue weighted by molar-refractivity contribution is -0.138. The third kappa shape index (κ3) is 11.0. The van der Waals surface area contributed by atoms with E-state index in [4.69, 9.17) is 30.5 Å². The summed E-state index contributed by atoms with van der Waals surface area (Å²) in [5.41, 5.74) is 3.20. The van der Waals surface area contributed by atoms with Crippen LogP contribution >= 0.6 is 11.6 Å².